The van der Waals surface area contributed by atoms with Crippen molar-refractivity contribution in [3.8, 4) is 0 Å². The Morgan fingerprint density at radius 2 is 2.29 bits per heavy atom. The zero-order valence-electron chi connectivity index (χ0n) is 8.86. The minimum atomic E-state index is -0.00694. The smallest absolute Gasteiger partial charge is 0.0998 e. The Morgan fingerprint density at radius 1 is 1.50 bits per heavy atom. The maximum absolute atomic E-state index is 5.52. The lowest BCUT2D eigenvalue weighted by atomic mass is 10.2. The van der Waals surface area contributed by atoms with E-state index in [0.29, 0.717) is 26.4 Å². The van der Waals surface area contributed by atoms with Crippen molar-refractivity contribution in [2.24, 2.45) is 5.84 Å². The first-order chi connectivity index (χ1) is 6.74. The third kappa shape index (κ3) is 3.89. The third-order valence-electron chi connectivity index (χ3n) is 2.11. The van der Waals surface area contributed by atoms with Crippen molar-refractivity contribution in [3.63, 3.8) is 0 Å². The summed E-state index contributed by atoms with van der Waals surface area (Å²) in [7, 11) is 0. The first-order valence-electron chi connectivity index (χ1n) is 5.01. The van der Waals surface area contributed by atoms with Crippen LogP contribution in [0.3, 0.4) is 0 Å². The molecule has 0 radical (unpaired) electrons. The van der Waals surface area contributed by atoms with Crippen LogP contribution in [0.2, 0.25) is 0 Å². The number of nitrogens with one attached hydrogen (secondary N) is 1. The highest BCUT2D eigenvalue weighted by molar-refractivity contribution is 4.76. The van der Waals surface area contributed by atoms with E-state index in [9.17, 15) is 0 Å². The van der Waals surface area contributed by atoms with Gasteiger partial charge in [-0.15, -0.1) is 0 Å². The molecule has 1 aliphatic rings. The van der Waals surface area contributed by atoms with Crippen LogP contribution in [0, 0.1) is 0 Å². The zero-order chi connectivity index (χ0) is 10.4. The van der Waals surface area contributed by atoms with Crippen molar-refractivity contribution in [3.05, 3.63) is 0 Å². The molecule has 2 unspecified atom stereocenters. The lowest BCUT2D eigenvalue weighted by molar-refractivity contribution is -0.113. The molecule has 1 heterocycles. The Morgan fingerprint density at radius 3 is 2.79 bits per heavy atom. The average molecular weight is 204 g/mol. The molecule has 5 nitrogen and oxygen atoms in total. The van der Waals surface area contributed by atoms with E-state index in [2.05, 4.69) is 5.43 Å². The number of nitrogens with two attached hydrogens (primary N) is 1. The number of hydrogen-bond acceptors (Lipinski definition) is 5. The van der Waals surface area contributed by atoms with Crippen LogP contribution >= 0.6 is 0 Å². The van der Waals surface area contributed by atoms with Gasteiger partial charge in [0.05, 0.1) is 44.7 Å². The van der Waals surface area contributed by atoms with E-state index in [4.69, 9.17) is 20.1 Å². The van der Waals surface area contributed by atoms with Gasteiger partial charge in [-0.1, -0.05) is 0 Å². The highest BCUT2D eigenvalue weighted by Crippen LogP contribution is 2.06. The average Bonchev–Trinajstić information content (AvgIpc) is 2.20. The summed E-state index contributed by atoms with van der Waals surface area (Å²) in [6.07, 6.45) is 0.197. The van der Waals surface area contributed by atoms with E-state index in [1.165, 1.54) is 0 Å². The van der Waals surface area contributed by atoms with Crippen LogP contribution in [-0.4, -0.2) is 44.7 Å². The Balaban J connectivity index is 2.28. The minimum Gasteiger partial charge on any atom is -0.377 e. The Labute approximate surface area is 84.9 Å². The molecule has 14 heavy (non-hydrogen) atoms. The summed E-state index contributed by atoms with van der Waals surface area (Å²) in [5.41, 5.74) is 2.70. The lowest BCUT2D eigenvalue weighted by Gasteiger charge is -2.30. The van der Waals surface area contributed by atoms with Gasteiger partial charge >= 0.3 is 0 Å². The molecule has 0 bridgehead atoms. The highest BCUT2D eigenvalue weighted by atomic mass is 16.6. The number of ether oxygens (including phenoxy) is 3. The SMILES string of the molecule is CC(C)OCC(NN)C1COCCO1. The van der Waals surface area contributed by atoms with Gasteiger partial charge in [-0.2, -0.15) is 0 Å². The second kappa shape index (κ2) is 6.31. The summed E-state index contributed by atoms with van der Waals surface area (Å²) in [4.78, 5) is 0. The molecule has 0 aliphatic carbocycles. The van der Waals surface area contributed by atoms with Gasteiger partial charge in [-0.3, -0.25) is 11.3 Å². The fraction of sp³-hybridized carbons (Fsp3) is 1.00. The Hall–Kier alpha value is -0.200. The largest absolute Gasteiger partial charge is 0.377 e. The van der Waals surface area contributed by atoms with E-state index in [0.717, 1.165) is 0 Å². The fourth-order valence-electron chi connectivity index (χ4n) is 1.30. The first-order valence-corrected chi connectivity index (χ1v) is 5.01. The highest BCUT2D eigenvalue weighted by Gasteiger charge is 2.24. The Kier molecular flexibility index (Phi) is 5.36. The van der Waals surface area contributed by atoms with Crippen LogP contribution in [0.1, 0.15) is 13.8 Å². The summed E-state index contributed by atoms with van der Waals surface area (Å²) < 4.78 is 16.3. The maximum Gasteiger partial charge on any atom is 0.0998 e. The van der Waals surface area contributed by atoms with Gasteiger partial charge in [0.1, 0.15) is 0 Å². The molecule has 0 spiro atoms. The normalized spacial score (nSPS) is 25.3. The van der Waals surface area contributed by atoms with Crippen LogP contribution in [0.15, 0.2) is 0 Å². The van der Waals surface area contributed by atoms with Crippen LogP contribution in [-0.2, 0) is 14.2 Å². The molecule has 0 amide bonds. The van der Waals surface area contributed by atoms with Gasteiger partial charge in [0.25, 0.3) is 0 Å². The molecule has 1 saturated heterocycles. The lowest BCUT2D eigenvalue weighted by Crippen LogP contribution is -2.52. The Bertz CT molecular complexity index is 149. The predicted octanol–water partition coefficient (Wildman–Crippen LogP) is -0.341. The van der Waals surface area contributed by atoms with Gasteiger partial charge in [0.15, 0.2) is 0 Å². The molecule has 1 aliphatic heterocycles. The maximum atomic E-state index is 5.52. The molecule has 0 aromatic carbocycles. The molecule has 1 fully saturated rings. The van der Waals surface area contributed by atoms with Crippen molar-refractivity contribution >= 4 is 0 Å². The summed E-state index contributed by atoms with van der Waals surface area (Å²) in [5.74, 6) is 5.42. The molecule has 1 rings (SSSR count). The summed E-state index contributed by atoms with van der Waals surface area (Å²) in [6.45, 7) is 6.40. The predicted molar refractivity (Wildman–Crippen MR) is 52.8 cm³/mol. The number of rotatable bonds is 5. The van der Waals surface area contributed by atoms with Crippen molar-refractivity contribution in [1.82, 2.24) is 5.43 Å². The van der Waals surface area contributed by atoms with Crippen LogP contribution in [0.5, 0.6) is 0 Å². The van der Waals surface area contributed by atoms with E-state index in [1.807, 2.05) is 13.8 Å². The monoisotopic (exact) mass is 204 g/mol. The van der Waals surface area contributed by atoms with E-state index < -0.39 is 0 Å². The molecule has 84 valence electrons. The van der Waals surface area contributed by atoms with E-state index in [1.54, 1.807) is 0 Å². The van der Waals surface area contributed by atoms with Crippen molar-refractivity contribution in [2.45, 2.75) is 32.1 Å². The van der Waals surface area contributed by atoms with Gasteiger partial charge in [0, 0.05) is 0 Å². The quantitative estimate of drug-likeness (QED) is 0.474. The van der Waals surface area contributed by atoms with Crippen molar-refractivity contribution < 1.29 is 14.2 Å². The second-order valence-electron chi connectivity index (χ2n) is 3.64. The molecule has 0 aromatic rings. The van der Waals surface area contributed by atoms with Crippen molar-refractivity contribution in [2.75, 3.05) is 26.4 Å². The molecular weight excluding hydrogens is 184 g/mol. The third-order valence-corrected chi connectivity index (χ3v) is 2.11. The summed E-state index contributed by atoms with van der Waals surface area (Å²) >= 11 is 0. The molecule has 0 saturated carbocycles. The minimum absolute atomic E-state index is 0.00213. The molecule has 3 N–H and O–H groups in total. The first kappa shape index (κ1) is 11.9. The standard InChI is InChI=1S/C9H20N2O3/c1-7(2)14-5-8(11-10)9-6-12-3-4-13-9/h7-9,11H,3-6,10H2,1-2H3. The summed E-state index contributed by atoms with van der Waals surface area (Å²) in [6, 6.07) is -0.00213. The van der Waals surface area contributed by atoms with E-state index in [-0.39, 0.29) is 18.2 Å². The number of hydrogen-bond donors (Lipinski definition) is 2. The molecule has 5 heteroatoms. The zero-order valence-corrected chi connectivity index (χ0v) is 8.86. The fourth-order valence-corrected chi connectivity index (χ4v) is 1.30. The van der Waals surface area contributed by atoms with Gasteiger partial charge in [-0.05, 0) is 13.8 Å². The van der Waals surface area contributed by atoms with Crippen LogP contribution in [0.25, 0.3) is 0 Å². The van der Waals surface area contributed by atoms with Crippen molar-refractivity contribution in [1.29, 1.82) is 0 Å². The number of hydrazine groups is 1. The molecular formula is C9H20N2O3. The van der Waals surface area contributed by atoms with Gasteiger partial charge in [0.2, 0.25) is 0 Å². The van der Waals surface area contributed by atoms with Crippen LogP contribution in [0.4, 0.5) is 0 Å². The van der Waals surface area contributed by atoms with Gasteiger partial charge in [-0.25, -0.2) is 0 Å². The second-order valence-corrected chi connectivity index (χ2v) is 3.64. The summed E-state index contributed by atoms with van der Waals surface area (Å²) in [5, 5.41) is 0. The topological polar surface area (TPSA) is 65.7 Å². The van der Waals surface area contributed by atoms with Crippen LogP contribution < -0.4 is 11.3 Å². The van der Waals surface area contributed by atoms with E-state index >= 15 is 0 Å². The van der Waals surface area contributed by atoms with Gasteiger partial charge < -0.3 is 14.2 Å². The molecule has 2 atom stereocenters. The molecule has 0 aromatic heterocycles.